The molecule has 0 fully saturated rings. The molecule has 0 bridgehead atoms. The smallest absolute Gasteiger partial charge is 0.337 e. The number of aromatic nitrogens is 2. The Labute approximate surface area is 119 Å². The number of hydrogen-bond donors (Lipinski definition) is 3. The zero-order valence-corrected chi connectivity index (χ0v) is 11.8. The maximum absolute atomic E-state index is 12.0. The van der Waals surface area contributed by atoms with Gasteiger partial charge in [-0.05, 0) is 25.1 Å². The first-order chi connectivity index (χ1) is 9.29. The zero-order chi connectivity index (χ0) is 14.9. The quantitative estimate of drug-likeness (QED) is 0.797. The van der Waals surface area contributed by atoms with E-state index in [4.69, 9.17) is 16.7 Å². The summed E-state index contributed by atoms with van der Waals surface area (Å²) in [5, 5.41) is 8.69. The second-order valence-corrected chi connectivity index (χ2v) is 6.00. The highest BCUT2D eigenvalue weighted by Crippen LogP contribution is 2.22. The van der Waals surface area contributed by atoms with Crippen LogP contribution in [0.2, 0.25) is 5.02 Å². The van der Waals surface area contributed by atoms with Gasteiger partial charge in [-0.1, -0.05) is 11.6 Å². The predicted molar refractivity (Wildman–Crippen MR) is 72.5 cm³/mol. The average Bonchev–Trinajstić information content (AvgIpc) is 2.75. The Morgan fingerprint density at radius 2 is 2.15 bits per heavy atom. The van der Waals surface area contributed by atoms with Gasteiger partial charge in [0, 0.05) is 0 Å². The highest BCUT2D eigenvalue weighted by molar-refractivity contribution is 7.92. The SMILES string of the molecule is Cc1ncc(S(=O)(=O)Nc2ccc(C(=O)O)c(Cl)c2)[nH]1. The van der Waals surface area contributed by atoms with Gasteiger partial charge in [0.25, 0.3) is 10.0 Å². The number of anilines is 1. The standard InChI is InChI=1S/C11H10ClN3O4S/c1-6-13-5-10(14-6)20(18,19)15-7-2-3-8(11(16)17)9(12)4-7/h2-5,15H,1H3,(H,13,14)(H,16,17). The van der Waals surface area contributed by atoms with E-state index in [9.17, 15) is 13.2 Å². The number of carbonyl (C=O) groups is 1. The molecule has 0 atom stereocenters. The van der Waals surface area contributed by atoms with Gasteiger partial charge in [-0.2, -0.15) is 8.42 Å². The fraction of sp³-hybridized carbons (Fsp3) is 0.0909. The minimum absolute atomic E-state index is 0.0570. The minimum atomic E-state index is -3.82. The van der Waals surface area contributed by atoms with Crippen LogP contribution in [0, 0.1) is 6.92 Å². The molecule has 0 saturated heterocycles. The Hall–Kier alpha value is -2.06. The van der Waals surface area contributed by atoms with E-state index in [1.807, 2.05) is 0 Å². The number of sulfonamides is 1. The normalized spacial score (nSPS) is 11.3. The molecular formula is C11H10ClN3O4S. The van der Waals surface area contributed by atoms with Crippen molar-refractivity contribution in [1.82, 2.24) is 9.97 Å². The number of H-pyrrole nitrogens is 1. The van der Waals surface area contributed by atoms with Crippen molar-refractivity contribution in [2.75, 3.05) is 4.72 Å². The largest absolute Gasteiger partial charge is 0.478 e. The van der Waals surface area contributed by atoms with Gasteiger partial charge in [0.15, 0.2) is 5.03 Å². The van der Waals surface area contributed by atoms with Crippen LogP contribution in [0.15, 0.2) is 29.4 Å². The monoisotopic (exact) mass is 315 g/mol. The molecule has 0 saturated carbocycles. The van der Waals surface area contributed by atoms with Crippen LogP contribution >= 0.6 is 11.6 Å². The molecule has 1 aromatic heterocycles. The van der Waals surface area contributed by atoms with Crippen molar-refractivity contribution in [2.45, 2.75) is 11.9 Å². The summed E-state index contributed by atoms with van der Waals surface area (Å²) in [6, 6.07) is 3.77. The molecule has 0 unspecified atom stereocenters. The van der Waals surface area contributed by atoms with Crippen molar-refractivity contribution in [3.05, 3.63) is 40.8 Å². The lowest BCUT2D eigenvalue weighted by atomic mass is 10.2. The van der Waals surface area contributed by atoms with Gasteiger partial charge in [-0.3, -0.25) is 4.72 Å². The Kier molecular flexibility index (Phi) is 3.69. The third-order valence-electron chi connectivity index (χ3n) is 2.42. The Balaban J connectivity index is 2.30. The van der Waals surface area contributed by atoms with Crippen LogP contribution in [0.1, 0.15) is 16.2 Å². The number of aromatic amines is 1. The summed E-state index contributed by atoms with van der Waals surface area (Å²) in [5.74, 6) is -0.724. The van der Waals surface area contributed by atoms with Crippen molar-refractivity contribution in [3.8, 4) is 0 Å². The van der Waals surface area contributed by atoms with E-state index in [0.29, 0.717) is 5.82 Å². The summed E-state index contributed by atoms with van der Waals surface area (Å²) < 4.78 is 26.3. The highest BCUT2D eigenvalue weighted by atomic mass is 35.5. The van der Waals surface area contributed by atoms with Crippen molar-refractivity contribution in [3.63, 3.8) is 0 Å². The number of nitrogens with zero attached hydrogens (tertiary/aromatic N) is 1. The summed E-state index contributed by atoms with van der Waals surface area (Å²) in [4.78, 5) is 17.2. The van der Waals surface area contributed by atoms with Gasteiger partial charge >= 0.3 is 5.97 Å². The van der Waals surface area contributed by atoms with Crippen LogP contribution in [0.25, 0.3) is 0 Å². The first kappa shape index (κ1) is 14.4. The second-order valence-electron chi connectivity index (χ2n) is 3.94. The van der Waals surface area contributed by atoms with Crippen LogP contribution in [0.4, 0.5) is 5.69 Å². The average molecular weight is 316 g/mol. The van der Waals surface area contributed by atoms with Gasteiger partial charge in [0.2, 0.25) is 0 Å². The number of aryl methyl sites for hydroxylation is 1. The summed E-state index contributed by atoms with van der Waals surface area (Å²) in [7, 11) is -3.82. The van der Waals surface area contributed by atoms with E-state index in [1.165, 1.54) is 24.4 Å². The molecule has 0 amide bonds. The Morgan fingerprint density at radius 1 is 1.45 bits per heavy atom. The van der Waals surface area contributed by atoms with Gasteiger partial charge in [-0.25, -0.2) is 9.78 Å². The Bertz CT molecular complexity index is 770. The first-order valence-corrected chi connectivity index (χ1v) is 7.23. The Morgan fingerprint density at radius 3 is 2.65 bits per heavy atom. The number of benzene rings is 1. The van der Waals surface area contributed by atoms with Gasteiger partial charge in [-0.15, -0.1) is 0 Å². The number of halogens is 1. The van der Waals surface area contributed by atoms with E-state index >= 15 is 0 Å². The highest BCUT2D eigenvalue weighted by Gasteiger charge is 2.17. The number of hydrogen-bond acceptors (Lipinski definition) is 4. The zero-order valence-electron chi connectivity index (χ0n) is 10.2. The summed E-state index contributed by atoms with van der Waals surface area (Å²) in [6.45, 7) is 1.62. The maximum atomic E-state index is 12.0. The fourth-order valence-corrected chi connectivity index (χ4v) is 2.78. The van der Waals surface area contributed by atoms with Crippen molar-refractivity contribution >= 4 is 33.3 Å². The van der Waals surface area contributed by atoms with Gasteiger partial charge < -0.3 is 10.1 Å². The molecule has 9 heteroatoms. The van der Waals surface area contributed by atoms with Gasteiger partial charge in [0.1, 0.15) is 5.82 Å². The molecule has 0 spiro atoms. The summed E-state index contributed by atoms with van der Waals surface area (Å²) >= 11 is 5.77. The fourth-order valence-electron chi connectivity index (χ4n) is 1.50. The van der Waals surface area contributed by atoms with Crippen LogP contribution in [0.5, 0.6) is 0 Å². The van der Waals surface area contributed by atoms with E-state index in [1.54, 1.807) is 6.92 Å². The molecule has 2 aromatic rings. The molecule has 106 valence electrons. The van der Waals surface area contributed by atoms with Crippen LogP contribution < -0.4 is 4.72 Å². The van der Waals surface area contributed by atoms with E-state index in [0.717, 1.165) is 0 Å². The molecule has 20 heavy (non-hydrogen) atoms. The number of nitrogens with one attached hydrogen (secondary N) is 2. The lowest BCUT2D eigenvalue weighted by Crippen LogP contribution is -2.13. The van der Waals surface area contributed by atoms with Crippen molar-refractivity contribution in [1.29, 1.82) is 0 Å². The number of carboxylic acid groups (broad SMARTS) is 1. The van der Waals surface area contributed by atoms with E-state index in [-0.39, 0.29) is 21.3 Å². The lowest BCUT2D eigenvalue weighted by Gasteiger charge is -2.07. The third kappa shape index (κ3) is 2.91. The maximum Gasteiger partial charge on any atom is 0.337 e. The van der Waals surface area contributed by atoms with Crippen LogP contribution in [-0.2, 0) is 10.0 Å². The number of carboxylic acids is 1. The van der Waals surface area contributed by atoms with E-state index in [2.05, 4.69) is 14.7 Å². The van der Waals surface area contributed by atoms with Crippen molar-refractivity contribution in [2.24, 2.45) is 0 Å². The molecule has 3 N–H and O–H groups in total. The molecular weight excluding hydrogens is 306 g/mol. The molecule has 1 heterocycles. The molecule has 0 aliphatic heterocycles. The molecule has 2 rings (SSSR count). The van der Waals surface area contributed by atoms with Crippen LogP contribution in [-0.4, -0.2) is 29.5 Å². The van der Waals surface area contributed by atoms with Crippen LogP contribution in [0.3, 0.4) is 0 Å². The minimum Gasteiger partial charge on any atom is -0.478 e. The number of aromatic carboxylic acids is 1. The second kappa shape index (κ2) is 5.14. The molecule has 0 aliphatic rings. The number of rotatable bonds is 4. The number of imidazole rings is 1. The first-order valence-electron chi connectivity index (χ1n) is 5.37. The predicted octanol–water partition coefficient (Wildman–Crippen LogP) is 1.87. The lowest BCUT2D eigenvalue weighted by molar-refractivity contribution is 0.0697. The van der Waals surface area contributed by atoms with Gasteiger partial charge in [0.05, 0.1) is 22.5 Å². The molecule has 0 radical (unpaired) electrons. The molecule has 7 nitrogen and oxygen atoms in total. The summed E-state index contributed by atoms with van der Waals surface area (Å²) in [6.07, 6.45) is 1.19. The topological polar surface area (TPSA) is 112 Å². The molecule has 0 aliphatic carbocycles. The van der Waals surface area contributed by atoms with E-state index < -0.39 is 16.0 Å². The van der Waals surface area contributed by atoms with Crippen molar-refractivity contribution < 1.29 is 18.3 Å². The molecule has 1 aromatic carbocycles. The third-order valence-corrected chi connectivity index (χ3v) is 4.02. The summed E-state index contributed by atoms with van der Waals surface area (Å²) in [5.41, 5.74) is 0.0549.